The normalized spacial score (nSPS) is 11.3. The Bertz CT molecular complexity index is 989. The number of halogens is 4. The Morgan fingerprint density at radius 3 is 2.45 bits per heavy atom. The largest absolute Gasteiger partial charge is 0.462 e. The van der Waals surface area contributed by atoms with Gasteiger partial charge in [0.1, 0.15) is 17.2 Å². The molecule has 2 N–H and O–H groups in total. The number of hydrogen-bond donors (Lipinski definition) is 2. The van der Waals surface area contributed by atoms with Crippen LogP contribution in [0.15, 0.2) is 36.0 Å². The van der Waals surface area contributed by atoms with Crippen LogP contribution in [0.25, 0.3) is 0 Å². The molecule has 0 bridgehead atoms. The highest BCUT2D eigenvalue weighted by Gasteiger charge is 2.27. The number of carbonyl (C=O) groups is 2. The van der Waals surface area contributed by atoms with E-state index in [1.807, 2.05) is 0 Å². The van der Waals surface area contributed by atoms with Crippen molar-refractivity contribution in [2.45, 2.75) is 20.5 Å². The van der Waals surface area contributed by atoms with Gasteiger partial charge in [0.15, 0.2) is 11.6 Å². The summed E-state index contributed by atoms with van der Waals surface area (Å²) in [5, 5.41) is 11.8. The quantitative estimate of drug-likeness (QED) is 0.138. The summed E-state index contributed by atoms with van der Waals surface area (Å²) in [5.41, 5.74) is -2.00. The second-order valence-electron chi connectivity index (χ2n) is 5.87. The number of carbonyl (C=O) groups excluding carboxylic acids is 2. The Labute approximate surface area is 163 Å². The number of anilines is 1. The van der Waals surface area contributed by atoms with Gasteiger partial charge < -0.3 is 15.2 Å². The van der Waals surface area contributed by atoms with E-state index in [1.54, 1.807) is 0 Å². The zero-order valence-corrected chi connectivity index (χ0v) is 15.5. The van der Waals surface area contributed by atoms with E-state index in [0.717, 1.165) is 25.3 Å². The van der Waals surface area contributed by atoms with E-state index in [0.29, 0.717) is 6.07 Å². The minimum atomic E-state index is -1.45. The van der Waals surface area contributed by atoms with Crippen LogP contribution < -0.4 is 5.32 Å². The molecule has 0 aromatic heterocycles. The van der Waals surface area contributed by atoms with Crippen LogP contribution >= 0.6 is 0 Å². The third-order valence-electron chi connectivity index (χ3n) is 3.97. The molecule has 0 aliphatic rings. The number of Topliss-reactive ketones (excluding diaryl/α,β-unsaturated/α-hetero) is 1. The van der Waals surface area contributed by atoms with Crippen LogP contribution in [-0.2, 0) is 16.1 Å². The van der Waals surface area contributed by atoms with Crippen LogP contribution in [0, 0.1) is 30.2 Å². The first-order chi connectivity index (χ1) is 13.7. The van der Waals surface area contributed by atoms with Crippen LogP contribution in [0.1, 0.15) is 28.4 Å². The molecular formula is C20H17F4NO4. The fourth-order valence-corrected chi connectivity index (χ4v) is 2.45. The van der Waals surface area contributed by atoms with E-state index in [-0.39, 0.29) is 17.9 Å². The summed E-state index contributed by atoms with van der Waals surface area (Å²) in [6.07, 6.45) is 0.864. The predicted molar refractivity (Wildman–Crippen MR) is 96.0 cm³/mol. The number of hydrogen-bond acceptors (Lipinski definition) is 5. The molecule has 0 heterocycles. The smallest absolute Gasteiger partial charge is 0.343 e. The zero-order valence-electron chi connectivity index (χ0n) is 15.5. The summed E-state index contributed by atoms with van der Waals surface area (Å²) in [4.78, 5) is 24.9. The van der Waals surface area contributed by atoms with Gasteiger partial charge in [-0.25, -0.2) is 22.4 Å². The first-order valence-electron chi connectivity index (χ1n) is 8.43. The number of rotatable bonds is 7. The third kappa shape index (κ3) is 4.80. The van der Waals surface area contributed by atoms with Crippen molar-refractivity contribution in [2.75, 3.05) is 11.9 Å². The lowest BCUT2D eigenvalue weighted by molar-refractivity contribution is -0.138. The molecule has 0 amide bonds. The maximum atomic E-state index is 14.3. The number of aliphatic hydroxyl groups excluding tert-OH is 1. The molecule has 0 saturated heterocycles. The van der Waals surface area contributed by atoms with Gasteiger partial charge in [-0.1, -0.05) is 0 Å². The Kier molecular flexibility index (Phi) is 7.11. The van der Waals surface area contributed by atoms with Gasteiger partial charge in [-0.05, 0) is 38.1 Å². The van der Waals surface area contributed by atoms with E-state index < -0.39 is 58.3 Å². The van der Waals surface area contributed by atoms with Gasteiger partial charge >= 0.3 is 5.97 Å². The van der Waals surface area contributed by atoms with E-state index >= 15 is 0 Å². The lowest BCUT2D eigenvalue weighted by Gasteiger charge is -2.12. The van der Waals surface area contributed by atoms with E-state index in [2.05, 4.69) is 5.32 Å². The van der Waals surface area contributed by atoms with Crippen LogP contribution in [0.3, 0.4) is 0 Å². The van der Waals surface area contributed by atoms with E-state index in [4.69, 9.17) is 4.74 Å². The molecule has 2 rings (SSSR count). The number of ketones is 1. The minimum absolute atomic E-state index is 0.110. The molecule has 0 fully saturated rings. The molecule has 9 heteroatoms. The number of benzene rings is 2. The highest BCUT2D eigenvalue weighted by Crippen LogP contribution is 2.23. The molecule has 0 aliphatic heterocycles. The molecule has 5 nitrogen and oxygen atoms in total. The molecule has 29 heavy (non-hydrogen) atoms. The molecule has 154 valence electrons. The van der Waals surface area contributed by atoms with Crippen molar-refractivity contribution in [3.8, 4) is 0 Å². The van der Waals surface area contributed by atoms with E-state index in [9.17, 15) is 32.3 Å². The highest BCUT2D eigenvalue weighted by molar-refractivity contribution is 6.24. The molecule has 0 spiro atoms. The van der Waals surface area contributed by atoms with Crippen molar-refractivity contribution >= 4 is 17.4 Å². The van der Waals surface area contributed by atoms with Gasteiger partial charge in [0, 0.05) is 23.0 Å². The standard InChI is InChI=1S/C20H17F4NO4/c1-3-29-20(28)14(8-25-16-5-4-12(21)6-11(16)9-26)19(27)13-7-15(22)18(24)10(2)17(13)23/h4-8,25-26H,3,9H2,1-2H3. The molecule has 0 atom stereocenters. The summed E-state index contributed by atoms with van der Waals surface area (Å²) >= 11 is 0. The SMILES string of the molecule is CCOC(=O)C(=CNc1ccc(F)cc1CO)C(=O)c1cc(F)c(F)c(C)c1F. The number of nitrogens with one attached hydrogen (secondary N) is 1. The van der Waals surface area contributed by atoms with Gasteiger partial charge in [-0.3, -0.25) is 4.79 Å². The summed E-state index contributed by atoms with van der Waals surface area (Å²) in [5.74, 6) is -7.23. The van der Waals surface area contributed by atoms with Gasteiger partial charge in [0.25, 0.3) is 0 Å². The van der Waals surface area contributed by atoms with Gasteiger partial charge in [0.2, 0.25) is 5.78 Å². The van der Waals surface area contributed by atoms with E-state index in [1.165, 1.54) is 13.0 Å². The van der Waals surface area contributed by atoms with Crippen LogP contribution in [-0.4, -0.2) is 23.5 Å². The average molecular weight is 411 g/mol. The average Bonchev–Trinajstić information content (AvgIpc) is 2.70. The van der Waals surface area contributed by atoms with Crippen molar-refractivity contribution in [1.29, 1.82) is 0 Å². The number of aliphatic hydroxyl groups is 1. The Balaban J connectivity index is 2.50. The van der Waals surface area contributed by atoms with Crippen molar-refractivity contribution in [2.24, 2.45) is 0 Å². The molecule has 2 aromatic rings. The summed E-state index contributed by atoms with van der Waals surface area (Å²) in [7, 11) is 0. The third-order valence-corrected chi connectivity index (χ3v) is 3.97. The maximum absolute atomic E-state index is 14.3. The van der Waals surface area contributed by atoms with Gasteiger partial charge in [0.05, 0.1) is 18.8 Å². The molecule has 2 aromatic carbocycles. The monoisotopic (exact) mass is 411 g/mol. The lowest BCUT2D eigenvalue weighted by Crippen LogP contribution is -2.19. The fraction of sp³-hybridized carbons (Fsp3) is 0.200. The van der Waals surface area contributed by atoms with Crippen LogP contribution in [0.4, 0.5) is 23.2 Å². The Morgan fingerprint density at radius 2 is 1.83 bits per heavy atom. The lowest BCUT2D eigenvalue weighted by atomic mass is 10.0. The second kappa shape index (κ2) is 9.33. The number of esters is 1. The predicted octanol–water partition coefficient (Wildman–Crippen LogP) is 3.79. The van der Waals surface area contributed by atoms with Crippen molar-refractivity contribution < 1.29 is 37.0 Å². The Morgan fingerprint density at radius 1 is 1.14 bits per heavy atom. The second-order valence-corrected chi connectivity index (χ2v) is 5.87. The minimum Gasteiger partial charge on any atom is -0.462 e. The topological polar surface area (TPSA) is 75.6 Å². The fourth-order valence-electron chi connectivity index (χ4n) is 2.45. The molecule has 0 unspecified atom stereocenters. The first-order valence-corrected chi connectivity index (χ1v) is 8.43. The van der Waals surface area contributed by atoms with Crippen LogP contribution in [0.5, 0.6) is 0 Å². The maximum Gasteiger partial charge on any atom is 0.343 e. The van der Waals surface area contributed by atoms with Gasteiger partial charge in [-0.2, -0.15) is 0 Å². The van der Waals surface area contributed by atoms with Crippen LogP contribution in [0.2, 0.25) is 0 Å². The molecule has 0 saturated carbocycles. The zero-order chi connectivity index (χ0) is 21.7. The summed E-state index contributed by atoms with van der Waals surface area (Å²) in [6.45, 7) is 1.76. The van der Waals surface area contributed by atoms with Gasteiger partial charge in [-0.15, -0.1) is 0 Å². The summed E-state index contributed by atoms with van der Waals surface area (Å²) in [6, 6.07) is 3.69. The molecular weight excluding hydrogens is 394 g/mol. The molecule has 0 aliphatic carbocycles. The Hall–Kier alpha value is -3.20. The highest BCUT2D eigenvalue weighted by atomic mass is 19.2. The summed E-state index contributed by atoms with van der Waals surface area (Å²) < 4.78 is 59.5. The van der Waals surface area contributed by atoms with Crippen molar-refractivity contribution in [1.82, 2.24) is 0 Å². The van der Waals surface area contributed by atoms with Crippen molar-refractivity contribution in [3.05, 3.63) is 76.0 Å². The first kappa shape index (κ1) is 22.1. The molecule has 0 radical (unpaired) electrons. The number of ether oxygens (including phenoxy) is 1. The van der Waals surface area contributed by atoms with Crippen molar-refractivity contribution in [3.63, 3.8) is 0 Å².